The fraction of sp³-hybridized carbons (Fsp3) is 0.118. The number of ether oxygens (including phenoxy) is 1. The average Bonchev–Trinajstić information content (AvgIpc) is 2.90. The van der Waals surface area contributed by atoms with E-state index >= 15 is 0 Å². The van der Waals surface area contributed by atoms with E-state index in [1.54, 1.807) is 7.11 Å². The first kappa shape index (κ1) is 11.6. The van der Waals surface area contributed by atoms with Gasteiger partial charge in [0.05, 0.1) is 18.7 Å². The molecule has 0 saturated carbocycles. The van der Waals surface area contributed by atoms with Crippen molar-refractivity contribution >= 4 is 5.57 Å². The molecule has 19 heavy (non-hydrogen) atoms. The second-order valence-corrected chi connectivity index (χ2v) is 4.47. The van der Waals surface area contributed by atoms with Crippen LogP contribution in [0.5, 0.6) is 5.75 Å². The van der Waals surface area contributed by atoms with E-state index < -0.39 is 0 Å². The lowest BCUT2D eigenvalue weighted by atomic mass is 9.95. The third-order valence-corrected chi connectivity index (χ3v) is 3.49. The summed E-state index contributed by atoms with van der Waals surface area (Å²) in [4.78, 5) is 0. The normalized spacial score (nSPS) is 12.5. The quantitative estimate of drug-likeness (QED) is 0.813. The molecule has 0 N–H and O–H groups in total. The zero-order valence-corrected chi connectivity index (χ0v) is 10.7. The van der Waals surface area contributed by atoms with Crippen molar-refractivity contribution in [2.24, 2.45) is 0 Å². The zero-order chi connectivity index (χ0) is 13.2. The van der Waals surface area contributed by atoms with E-state index in [9.17, 15) is 5.26 Å². The number of hydrogen-bond acceptors (Lipinski definition) is 2. The van der Waals surface area contributed by atoms with Gasteiger partial charge < -0.3 is 4.74 Å². The highest BCUT2D eigenvalue weighted by molar-refractivity contribution is 5.87. The topological polar surface area (TPSA) is 33.0 Å². The van der Waals surface area contributed by atoms with Gasteiger partial charge in [0.1, 0.15) is 5.75 Å². The summed E-state index contributed by atoms with van der Waals surface area (Å²) >= 11 is 0. The number of methoxy groups -OCH3 is 1. The van der Waals surface area contributed by atoms with E-state index in [-0.39, 0.29) is 0 Å². The first-order valence-corrected chi connectivity index (χ1v) is 6.21. The number of hydrogen-bond donors (Lipinski definition) is 0. The average molecular weight is 247 g/mol. The van der Waals surface area contributed by atoms with Crippen LogP contribution in [-0.2, 0) is 6.42 Å². The molecule has 1 aliphatic carbocycles. The van der Waals surface area contributed by atoms with Crippen molar-refractivity contribution in [2.75, 3.05) is 7.11 Å². The van der Waals surface area contributed by atoms with Crippen LogP contribution in [0.2, 0.25) is 0 Å². The largest absolute Gasteiger partial charge is 0.496 e. The van der Waals surface area contributed by atoms with Gasteiger partial charge >= 0.3 is 0 Å². The second kappa shape index (κ2) is 4.62. The summed E-state index contributed by atoms with van der Waals surface area (Å²) in [5.41, 5.74) is 5.21. The lowest BCUT2D eigenvalue weighted by molar-refractivity contribution is 0.411. The van der Waals surface area contributed by atoms with E-state index in [1.165, 1.54) is 11.1 Å². The Balaban J connectivity index is 2.15. The van der Waals surface area contributed by atoms with Gasteiger partial charge in [0.25, 0.3) is 0 Å². The van der Waals surface area contributed by atoms with E-state index in [0.717, 1.165) is 23.3 Å². The molecule has 0 radical (unpaired) electrons. The Kier molecular flexibility index (Phi) is 2.81. The van der Waals surface area contributed by atoms with Crippen LogP contribution in [0.15, 0.2) is 48.5 Å². The van der Waals surface area contributed by atoms with Crippen LogP contribution in [0.1, 0.15) is 22.3 Å². The van der Waals surface area contributed by atoms with E-state index in [1.807, 2.05) is 36.4 Å². The fourth-order valence-electron chi connectivity index (χ4n) is 2.60. The molecule has 0 aromatic heterocycles. The minimum absolute atomic E-state index is 0.712. The minimum atomic E-state index is 0.712. The van der Waals surface area contributed by atoms with Crippen LogP contribution in [0.3, 0.4) is 0 Å². The molecular weight excluding hydrogens is 234 g/mol. The van der Waals surface area contributed by atoms with Crippen molar-refractivity contribution in [1.29, 1.82) is 5.26 Å². The third kappa shape index (κ3) is 1.80. The van der Waals surface area contributed by atoms with Crippen molar-refractivity contribution in [2.45, 2.75) is 6.42 Å². The maximum atomic E-state index is 9.23. The Bertz CT molecular complexity index is 707. The molecule has 2 aromatic carbocycles. The zero-order valence-electron chi connectivity index (χ0n) is 10.7. The Labute approximate surface area is 112 Å². The number of nitrogens with zero attached hydrogens (tertiary/aromatic N) is 1. The molecule has 0 saturated heterocycles. The third-order valence-electron chi connectivity index (χ3n) is 3.49. The van der Waals surface area contributed by atoms with Gasteiger partial charge in [-0.15, -0.1) is 0 Å². The Morgan fingerprint density at radius 2 is 1.84 bits per heavy atom. The Hall–Kier alpha value is -2.53. The molecule has 0 atom stereocenters. The summed E-state index contributed by atoms with van der Waals surface area (Å²) in [6.45, 7) is 0. The minimum Gasteiger partial charge on any atom is -0.496 e. The first-order chi connectivity index (χ1) is 9.35. The summed E-state index contributed by atoms with van der Waals surface area (Å²) in [6.07, 6.45) is 3.03. The van der Waals surface area contributed by atoms with Crippen LogP contribution in [0.4, 0.5) is 0 Å². The first-order valence-electron chi connectivity index (χ1n) is 6.21. The smallest absolute Gasteiger partial charge is 0.122 e. The monoisotopic (exact) mass is 247 g/mol. The van der Waals surface area contributed by atoms with Crippen molar-refractivity contribution in [3.63, 3.8) is 0 Å². The molecule has 0 heterocycles. The number of nitriles is 1. The SMILES string of the molecule is COc1cccc2c1CC=C2c1ccccc1C#N. The summed E-state index contributed by atoms with van der Waals surface area (Å²) < 4.78 is 5.40. The van der Waals surface area contributed by atoms with Crippen molar-refractivity contribution in [1.82, 2.24) is 0 Å². The molecule has 0 unspecified atom stereocenters. The molecule has 0 fully saturated rings. The highest BCUT2D eigenvalue weighted by Gasteiger charge is 2.20. The predicted molar refractivity (Wildman–Crippen MR) is 74.9 cm³/mol. The number of fused-ring (bicyclic) bond motifs is 1. The maximum absolute atomic E-state index is 9.23. The summed E-state index contributed by atoms with van der Waals surface area (Å²) in [5.74, 6) is 0.915. The standard InChI is InChI=1S/C17H13NO/c1-19-17-8-4-7-14-15(9-10-16(14)17)13-6-3-2-5-12(13)11-18/h2-9H,10H2,1H3. The van der Waals surface area contributed by atoms with Crippen molar-refractivity contribution in [3.05, 3.63) is 70.8 Å². The molecule has 0 spiro atoms. The maximum Gasteiger partial charge on any atom is 0.122 e. The van der Waals surface area contributed by atoms with Crippen LogP contribution in [-0.4, -0.2) is 7.11 Å². The molecule has 1 aliphatic rings. The van der Waals surface area contributed by atoms with Gasteiger partial charge in [0.2, 0.25) is 0 Å². The molecule has 2 aromatic rings. The molecule has 0 aliphatic heterocycles. The Morgan fingerprint density at radius 3 is 2.63 bits per heavy atom. The molecule has 0 bridgehead atoms. The molecular formula is C17H13NO. The molecule has 2 heteroatoms. The van der Waals surface area contributed by atoms with Crippen molar-refractivity contribution in [3.8, 4) is 11.8 Å². The van der Waals surface area contributed by atoms with E-state index in [2.05, 4.69) is 18.2 Å². The molecule has 3 rings (SSSR count). The summed E-state index contributed by atoms with van der Waals surface area (Å²) in [7, 11) is 1.69. The Morgan fingerprint density at radius 1 is 1.05 bits per heavy atom. The summed E-state index contributed by atoms with van der Waals surface area (Å²) in [6, 6.07) is 16.0. The number of allylic oxidation sites excluding steroid dienone is 1. The predicted octanol–water partition coefficient (Wildman–Crippen LogP) is 3.55. The van der Waals surface area contributed by atoms with Gasteiger partial charge in [0.15, 0.2) is 0 Å². The van der Waals surface area contributed by atoms with Gasteiger partial charge in [-0.2, -0.15) is 5.26 Å². The van der Waals surface area contributed by atoms with Gasteiger partial charge in [-0.3, -0.25) is 0 Å². The highest BCUT2D eigenvalue weighted by Crippen LogP contribution is 2.38. The fourth-order valence-corrected chi connectivity index (χ4v) is 2.60. The van der Waals surface area contributed by atoms with Crippen molar-refractivity contribution < 1.29 is 4.74 Å². The van der Waals surface area contributed by atoms with E-state index in [0.29, 0.717) is 5.56 Å². The highest BCUT2D eigenvalue weighted by atomic mass is 16.5. The molecule has 2 nitrogen and oxygen atoms in total. The lowest BCUT2D eigenvalue weighted by Crippen LogP contribution is -1.93. The van der Waals surface area contributed by atoms with Crippen LogP contribution >= 0.6 is 0 Å². The van der Waals surface area contributed by atoms with Crippen LogP contribution in [0.25, 0.3) is 5.57 Å². The molecule has 0 amide bonds. The van der Waals surface area contributed by atoms with E-state index in [4.69, 9.17) is 4.74 Å². The van der Waals surface area contributed by atoms with Crippen LogP contribution < -0.4 is 4.74 Å². The second-order valence-electron chi connectivity index (χ2n) is 4.47. The van der Waals surface area contributed by atoms with Gasteiger partial charge in [-0.25, -0.2) is 0 Å². The molecule has 92 valence electrons. The summed E-state index contributed by atoms with van der Waals surface area (Å²) in [5, 5.41) is 9.23. The van der Waals surface area contributed by atoms with Gasteiger partial charge in [0, 0.05) is 5.56 Å². The number of rotatable bonds is 2. The van der Waals surface area contributed by atoms with Gasteiger partial charge in [-0.05, 0) is 35.3 Å². The number of benzene rings is 2. The van der Waals surface area contributed by atoms with Gasteiger partial charge in [-0.1, -0.05) is 36.4 Å². The van der Waals surface area contributed by atoms with Crippen LogP contribution in [0, 0.1) is 11.3 Å². The lowest BCUT2D eigenvalue weighted by Gasteiger charge is -2.10.